The van der Waals surface area contributed by atoms with Crippen molar-refractivity contribution in [2.45, 2.75) is 45.8 Å². The minimum absolute atomic E-state index is 0.0383. The van der Waals surface area contributed by atoms with Crippen LogP contribution in [0.4, 0.5) is 0 Å². The summed E-state index contributed by atoms with van der Waals surface area (Å²) in [6.07, 6.45) is 0.493. The predicted octanol–water partition coefficient (Wildman–Crippen LogP) is 2.65. The van der Waals surface area contributed by atoms with Gasteiger partial charge in [-0.2, -0.15) is 0 Å². The molecule has 100 valence electrons. The number of carboxylic acids is 1. The van der Waals surface area contributed by atoms with Gasteiger partial charge in [0.05, 0.1) is 0 Å². The second-order valence-corrected chi connectivity index (χ2v) is 4.55. The van der Waals surface area contributed by atoms with Gasteiger partial charge in [-0.05, 0) is 37.5 Å². The van der Waals surface area contributed by atoms with Crippen LogP contribution in [0.2, 0.25) is 0 Å². The van der Waals surface area contributed by atoms with Crippen molar-refractivity contribution in [3.05, 3.63) is 29.3 Å². The van der Waals surface area contributed by atoms with Gasteiger partial charge in [0.15, 0.2) is 6.10 Å². The molecule has 0 amide bonds. The van der Waals surface area contributed by atoms with Crippen LogP contribution in [0.25, 0.3) is 0 Å². The molecule has 1 rings (SSSR count). The largest absolute Gasteiger partial charge is 0.479 e. The van der Waals surface area contributed by atoms with Crippen molar-refractivity contribution in [3.63, 3.8) is 0 Å². The first-order chi connectivity index (χ1) is 8.45. The van der Waals surface area contributed by atoms with E-state index in [-0.39, 0.29) is 6.04 Å². The molecule has 0 heterocycles. The molecule has 0 aliphatic carbocycles. The molecule has 4 heteroatoms. The molecular weight excluding hydrogens is 230 g/mol. The Hall–Kier alpha value is -1.55. The predicted molar refractivity (Wildman–Crippen MR) is 70.7 cm³/mol. The Morgan fingerprint density at radius 2 is 2.17 bits per heavy atom. The van der Waals surface area contributed by atoms with Crippen LogP contribution >= 0.6 is 0 Å². The average Bonchev–Trinajstić information content (AvgIpc) is 2.30. The highest BCUT2D eigenvalue weighted by Gasteiger charge is 2.19. The van der Waals surface area contributed by atoms with Crippen molar-refractivity contribution < 1.29 is 14.6 Å². The van der Waals surface area contributed by atoms with Crippen molar-refractivity contribution in [1.82, 2.24) is 0 Å². The smallest absolute Gasteiger partial charge is 0.344 e. The monoisotopic (exact) mass is 251 g/mol. The highest BCUT2D eigenvalue weighted by atomic mass is 16.5. The lowest BCUT2D eigenvalue weighted by molar-refractivity contribution is -0.145. The summed E-state index contributed by atoms with van der Waals surface area (Å²) in [4.78, 5) is 11.0. The Bertz CT molecular complexity index is 416. The lowest BCUT2D eigenvalue weighted by Gasteiger charge is -2.17. The number of nitrogens with two attached hydrogens (primary N) is 1. The van der Waals surface area contributed by atoms with Gasteiger partial charge in [-0.25, -0.2) is 4.79 Å². The van der Waals surface area contributed by atoms with Crippen LogP contribution in [0.15, 0.2) is 18.2 Å². The minimum atomic E-state index is -0.924. The normalized spacial score (nSPS) is 14.0. The molecule has 0 aromatic heterocycles. The topological polar surface area (TPSA) is 72.5 Å². The van der Waals surface area contributed by atoms with Gasteiger partial charge in [0, 0.05) is 6.04 Å². The van der Waals surface area contributed by atoms with Gasteiger partial charge in [0.1, 0.15) is 5.75 Å². The SMILES string of the molecule is CCCC(Oc1ccc([C@@H](C)N)cc1C)C(=O)O. The Morgan fingerprint density at radius 1 is 1.50 bits per heavy atom. The summed E-state index contributed by atoms with van der Waals surface area (Å²) in [6, 6.07) is 5.56. The quantitative estimate of drug-likeness (QED) is 0.815. The van der Waals surface area contributed by atoms with Crippen molar-refractivity contribution in [1.29, 1.82) is 0 Å². The third kappa shape index (κ3) is 3.74. The van der Waals surface area contributed by atoms with E-state index >= 15 is 0 Å². The summed E-state index contributed by atoms with van der Waals surface area (Å²) in [7, 11) is 0. The molecule has 0 fully saturated rings. The molecule has 0 aliphatic rings. The van der Waals surface area contributed by atoms with Gasteiger partial charge in [-0.1, -0.05) is 25.5 Å². The highest BCUT2D eigenvalue weighted by molar-refractivity contribution is 5.72. The van der Waals surface area contributed by atoms with Gasteiger partial charge < -0.3 is 15.6 Å². The zero-order valence-corrected chi connectivity index (χ0v) is 11.1. The first kappa shape index (κ1) is 14.5. The number of aliphatic carboxylic acids is 1. The van der Waals surface area contributed by atoms with Crippen LogP contribution in [0.3, 0.4) is 0 Å². The van der Waals surface area contributed by atoms with E-state index in [0.29, 0.717) is 12.2 Å². The Morgan fingerprint density at radius 3 is 2.61 bits per heavy atom. The fourth-order valence-electron chi connectivity index (χ4n) is 1.74. The summed E-state index contributed by atoms with van der Waals surface area (Å²) in [5, 5.41) is 9.05. The molecule has 1 aromatic rings. The maximum atomic E-state index is 11.0. The number of carbonyl (C=O) groups is 1. The third-order valence-electron chi connectivity index (χ3n) is 2.82. The number of aryl methyl sites for hydroxylation is 1. The first-order valence-electron chi connectivity index (χ1n) is 6.21. The van der Waals surface area contributed by atoms with E-state index in [0.717, 1.165) is 17.5 Å². The number of hydrogen-bond donors (Lipinski definition) is 2. The number of hydrogen-bond acceptors (Lipinski definition) is 3. The van der Waals surface area contributed by atoms with Gasteiger partial charge in [-0.15, -0.1) is 0 Å². The lowest BCUT2D eigenvalue weighted by Crippen LogP contribution is -2.27. The number of ether oxygens (including phenoxy) is 1. The second kappa shape index (κ2) is 6.40. The molecule has 0 aliphatic heterocycles. The first-order valence-corrected chi connectivity index (χ1v) is 6.21. The van der Waals surface area contributed by atoms with Crippen molar-refractivity contribution in [3.8, 4) is 5.75 Å². The molecule has 0 saturated heterocycles. The highest BCUT2D eigenvalue weighted by Crippen LogP contribution is 2.23. The van der Waals surface area contributed by atoms with E-state index in [1.165, 1.54) is 0 Å². The van der Waals surface area contributed by atoms with Crippen molar-refractivity contribution in [2.75, 3.05) is 0 Å². The van der Waals surface area contributed by atoms with Crippen LogP contribution in [-0.4, -0.2) is 17.2 Å². The summed E-state index contributed by atoms with van der Waals surface area (Å²) < 4.78 is 5.54. The zero-order chi connectivity index (χ0) is 13.7. The second-order valence-electron chi connectivity index (χ2n) is 4.55. The van der Waals surface area contributed by atoms with Crippen LogP contribution in [0.5, 0.6) is 5.75 Å². The van der Waals surface area contributed by atoms with E-state index in [1.54, 1.807) is 6.07 Å². The van der Waals surface area contributed by atoms with Gasteiger partial charge >= 0.3 is 5.97 Å². The van der Waals surface area contributed by atoms with Gasteiger partial charge in [0.25, 0.3) is 0 Å². The fourth-order valence-corrected chi connectivity index (χ4v) is 1.74. The van der Waals surface area contributed by atoms with Crippen LogP contribution < -0.4 is 10.5 Å². The summed E-state index contributed by atoms with van der Waals surface area (Å²) in [5.74, 6) is -0.312. The van der Waals surface area contributed by atoms with E-state index in [1.807, 2.05) is 32.9 Å². The molecule has 0 spiro atoms. The number of rotatable bonds is 6. The Balaban J connectivity index is 2.86. The molecule has 4 nitrogen and oxygen atoms in total. The standard InChI is InChI=1S/C14H21NO3/c1-4-5-13(14(16)17)18-12-7-6-11(10(3)15)8-9(12)2/h6-8,10,13H,4-5,15H2,1-3H3,(H,16,17)/t10-,13?/m1/s1. The molecule has 0 radical (unpaired) electrons. The summed E-state index contributed by atoms with van der Waals surface area (Å²) >= 11 is 0. The molecule has 0 saturated carbocycles. The Kier molecular flexibility index (Phi) is 5.16. The van der Waals surface area contributed by atoms with E-state index < -0.39 is 12.1 Å². The van der Waals surface area contributed by atoms with Crippen LogP contribution in [0, 0.1) is 6.92 Å². The molecular formula is C14H21NO3. The van der Waals surface area contributed by atoms with E-state index in [4.69, 9.17) is 15.6 Å². The number of benzene rings is 1. The van der Waals surface area contributed by atoms with E-state index in [2.05, 4.69) is 0 Å². The van der Waals surface area contributed by atoms with Crippen molar-refractivity contribution in [2.24, 2.45) is 5.73 Å². The molecule has 18 heavy (non-hydrogen) atoms. The third-order valence-corrected chi connectivity index (χ3v) is 2.82. The zero-order valence-electron chi connectivity index (χ0n) is 11.1. The molecule has 1 aromatic carbocycles. The average molecular weight is 251 g/mol. The minimum Gasteiger partial charge on any atom is -0.479 e. The Labute approximate surface area is 108 Å². The molecule has 2 atom stereocenters. The van der Waals surface area contributed by atoms with Crippen molar-refractivity contribution >= 4 is 5.97 Å². The van der Waals surface area contributed by atoms with Crippen LogP contribution in [-0.2, 0) is 4.79 Å². The summed E-state index contributed by atoms with van der Waals surface area (Å²) in [5.41, 5.74) is 7.72. The molecule has 0 bridgehead atoms. The molecule has 3 N–H and O–H groups in total. The van der Waals surface area contributed by atoms with Gasteiger partial charge in [-0.3, -0.25) is 0 Å². The molecule has 1 unspecified atom stereocenters. The maximum absolute atomic E-state index is 11.0. The summed E-state index contributed by atoms with van der Waals surface area (Å²) in [6.45, 7) is 5.74. The lowest BCUT2D eigenvalue weighted by atomic mass is 10.1. The van der Waals surface area contributed by atoms with Gasteiger partial charge in [0.2, 0.25) is 0 Å². The number of carboxylic acid groups (broad SMARTS) is 1. The maximum Gasteiger partial charge on any atom is 0.344 e. The van der Waals surface area contributed by atoms with E-state index in [9.17, 15) is 4.79 Å². The van der Waals surface area contributed by atoms with Crippen LogP contribution in [0.1, 0.15) is 43.9 Å². The fraction of sp³-hybridized carbons (Fsp3) is 0.500.